The second-order valence-corrected chi connectivity index (χ2v) is 8.15. The molecule has 0 unspecified atom stereocenters. The predicted octanol–water partition coefficient (Wildman–Crippen LogP) is 3.17. The van der Waals surface area contributed by atoms with E-state index in [4.69, 9.17) is 0 Å². The molecule has 1 fully saturated rings. The molecular weight excluding hydrogens is 348 g/mol. The van der Waals surface area contributed by atoms with Crippen LogP contribution in [-0.2, 0) is 15.8 Å². The first-order valence-electron chi connectivity index (χ1n) is 8.67. The Hall–Kier alpha value is -2.67. The molecule has 1 N–H and O–H groups in total. The number of sulfonamides is 1. The van der Waals surface area contributed by atoms with E-state index >= 15 is 0 Å². The van der Waals surface area contributed by atoms with Gasteiger partial charge in [0.25, 0.3) is 0 Å². The summed E-state index contributed by atoms with van der Waals surface area (Å²) in [5, 5.41) is 0. The highest BCUT2D eigenvalue weighted by molar-refractivity contribution is 7.91. The molecule has 2 heterocycles. The van der Waals surface area contributed by atoms with Gasteiger partial charge in [-0.05, 0) is 30.5 Å². The maximum absolute atomic E-state index is 12.7. The highest BCUT2D eigenvalue weighted by Gasteiger charge is 2.22. The summed E-state index contributed by atoms with van der Waals surface area (Å²) in [6.45, 7) is 1.72. The lowest BCUT2D eigenvalue weighted by Crippen LogP contribution is -2.24. The van der Waals surface area contributed by atoms with Crippen LogP contribution in [0.4, 0.5) is 11.6 Å². The van der Waals surface area contributed by atoms with Gasteiger partial charge in [-0.1, -0.05) is 42.5 Å². The minimum Gasteiger partial charge on any atom is -0.354 e. The molecule has 0 aliphatic carbocycles. The van der Waals surface area contributed by atoms with Crippen molar-refractivity contribution < 1.29 is 8.42 Å². The highest BCUT2D eigenvalue weighted by Crippen LogP contribution is 2.28. The summed E-state index contributed by atoms with van der Waals surface area (Å²) in [6, 6.07) is 16.6. The Kier molecular flexibility index (Phi) is 4.46. The molecule has 3 aromatic rings. The van der Waals surface area contributed by atoms with Gasteiger partial charge in [-0.2, -0.15) is 0 Å². The predicted molar refractivity (Wildman–Crippen MR) is 104 cm³/mol. The molecule has 0 radical (unpaired) electrons. The molecule has 6 nitrogen and oxygen atoms in total. The van der Waals surface area contributed by atoms with E-state index in [1.807, 2.05) is 42.5 Å². The first kappa shape index (κ1) is 16.8. The van der Waals surface area contributed by atoms with Crippen LogP contribution >= 0.6 is 0 Å². The largest absolute Gasteiger partial charge is 0.354 e. The van der Waals surface area contributed by atoms with Crippen molar-refractivity contribution in [2.45, 2.75) is 18.6 Å². The zero-order chi connectivity index (χ0) is 18.0. The summed E-state index contributed by atoms with van der Waals surface area (Å²) >= 11 is 0. The van der Waals surface area contributed by atoms with Crippen molar-refractivity contribution in [3.05, 3.63) is 60.2 Å². The normalized spacial score (nSPS) is 14.7. The van der Waals surface area contributed by atoms with Gasteiger partial charge >= 0.3 is 0 Å². The third-order valence-electron chi connectivity index (χ3n) is 4.41. The van der Waals surface area contributed by atoms with Crippen molar-refractivity contribution in [1.29, 1.82) is 0 Å². The van der Waals surface area contributed by atoms with Gasteiger partial charge in [0.15, 0.2) is 11.6 Å². The molecular formula is C19H20N4O2S. The van der Waals surface area contributed by atoms with Gasteiger partial charge in [0, 0.05) is 13.1 Å². The summed E-state index contributed by atoms with van der Waals surface area (Å²) in [6.07, 6.45) is 2.15. The van der Waals surface area contributed by atoms with E-state index in [0.717, 1.165) is 37.0 Å². The number of benzene rings is 2. The van der Waals surface area contributed by atoms with E-state index in [1.165, 1.54) is 0 Å². The van der Waals surface area contributed by atoms with Crippen LogP contribution < -0.4 is 9.62 Å². The highest BCUT2D eigenvalue weighted by atomic mass is 32.2. The maximum atomic E-state index is 12.7. The molecule has 1 aliphatic heterocycles. The summed E-state index contributed by atoms with van der Waals surface area (Å²) in [5.74, 6) is 0.821. The van der Waals surface area contributed by atoms with Gasteiger partial charge in [0.05, 0.1) is 16.8 Å². The van der Waals surface area contributed by atoms with Crippen LogP contribution in [0.5, 0.6) is 0 Å². The van der Waals surface area contributed by atoms with Gasteiger partial charge in [-0.3, -0.25) is 4.72 Å². The lowest BCUT2D eigenvalue weighted by Gasteiger charge is -2.20. The summed E-state index contributed by atoms with van der Waals surface area (Å²) in [7, 11) is -3.59. The second kappa shape index (κ2) is 6.92. The Morgan fingerprint density at radius 3 is 2.19 bits per heavy atom. The molecule has 0 bridgehead atoms. The Balaban J connectivity index is 1.71. The van der Waals surface area contributed by atoms with E-state index in [9.17, 15) is 8.42 Å². The fraction of sp³-hybridized carbons (Fsp3) is 0.263. The first-order chi connectivity index (χ1) is 12.6. The standard InChI is InChI=1S/C19H20N4O2S/c24-26(25,14-15-8-2-1-3-9-15)22-18-19(23-12-6-7-13-23)21-17-11-5-4-10-16(17)20-18/h1-5,8-11H,6-7,12-14H2,(H,20,22). The third-order valence-corrected chi connectivity index (χ3v) is 5.63. The first-order valence-corrected chi connectivity index (χ1v) is 10.3. The minimum atomic E-state index is -3.59. The maximum Gasteiger partial charge on any atom is 0.238 e. The fourth-order valence-electron chi connectivity index (χ4n) is 3.19. The molecule has 134 valence electrons. The lowest BCUT2D eigenvalue weighted by molar-refractivity contribution is 0.600. The molecule has 0 amide bonds. The van der Waals surface area contributed by atoms with Crippen LogP contribution in [0.3, 0.4) is 0 Å². The number of anilines is 2. The van der Waals surface area contributed by atoms with Gasteiger partial charge in [0.2, 0.25) is 10.0 Å². The zero-order valence-corrected chi connectivity index (χ0v) is 15.1. The summed E-state index contributed by atoms with van der Waals surface area (Å²) in [4.78, 5) is 11.3. The SMILES string of the molecule is O=S(=O)(Cc1ccccc1)Nc1nc2ccccc2nc1N1CCCC1. The number of rotatable bonds is 5. The van der Waals surface area contributed by atoms with Crippen LogP contribution in [0, 0.1) is 0 Å². The average molecular weight is 368 g/mol. The fourth-order valence-corrected chi connectivity index (χ4v) is 4.32. The molecule has 0 saturated carbocycles. The quantitative estimate of drug-likeness (QED) is 0.749. The topological polar surface area (TPSA) is 75.2 Å². The molecule has 0 atom stereocenters. The van der Waals surface area contributed by atoms with Crippen molar-refractivity contribution in [1.82, 2.24) is 9.97 Å². The molecule has 1 aliphatic rings. The van der Waals surface area contributed by atoms with E-state index in [1.54, 1.807) is 12.1 Å². The summed E-state index contributed by atoms with van der Waals surface area (Å²) in [5.41, 5.74) is 2.17. The molecule has 26 heavy (non-hydrogen) atoms. The summed E-state index contributed by atoms with van der Waals surface area (Å²) < 4.78 is 28.0. The van der Waals surface area contributed by atoms with E-state index < -0.39 is 10.0 Å². The number of fused-ring (bicyclic) bond motifs is 1. The molecule has 4 rings (SSSR count). The van der Waals surface area contributed by atoms with Crippen LogP contribution in [0.15, 0.2) is 54.6 Å². The number of aromatic nitrogens is 2. The van der Waals surface area contributed by atoms with Gasteiger partial charge in [-0.25, -0.2) is 18.4 Å². The molecule has 1 aromatic heterocycles. The monoisotopic (exact) mass is 368 g/mol. The van der Waals surface area contributed by atoms with Gasteiger partial charge in [-0.15, -0.1) is 0 Å². The lowest BCUT2D eigenvalue weighted by atomic mass is 10.2. The smallest absolute Gasteiger partial charge is 0.238 e. The van der Waals surface area contributed by atoms with E-state index in [-0.39, 0.29) is 5.75 Å². The number of nitrogens with zero attached hydrogens (tertiary/aromatic N) is 3. The van der Waals surface area contributed by atoms with Crippen molar-refractivity contribution in [3.63, 3.8) is 0 Å². The van der Waals surface area contributed by atoms with Crippen molar-refractivity contribution in [3.8, 4) is 0 Å². The van der Waals surface area contributed by atoms with Gasteiger partial charge in [0.1, 0.15) is 0 Å². The van der Waals surface area contributed by atoms with Crippen LogP contribution in [-0.4, -0.2) is 31.5 Å². The van der Waals surface area contributed by atoms with Crippen LogP contribution in [0.25, 0.3) is 11.0 Å². The Morgan fingerprint density at radius 2 is 1.50 bits per heavy atom. The third kappa shape index (κ3) is 3.62. The zero-order valence-electron chi connectivity index (χ0n) is 14.3. The van der Waals surface area contributed by atoms with Crippen molar-refractivity contribution in [2.24, 2.45) is 0 Å². The number of para-hydroxylation sites is 2. The minimum absolute atomic E-state index is 0.0954. The molecule has 7 heteroatoms. The number of hydrogen-bond acceptors (Lipinski definition) is 5. The molecule has 1 saturated heterocycles. The van der Waals surface area contributed by atoms with Crippen LogP contribution in [0.1, 0.15) is 18.4 Å². The van der Waals surface area contributed by atoms with E-state index in [2.05, 4.69) is 19.6 Å². The average Bonchev–Trinajstić information content (AvgIpc) is 3.15. The van der Waals surface area contributed by atoms with Gasteiger partial charge < -0.3 is 4.90 Å². The Morgan fingerprint density at radius 1 is 0.885 bits per heavy atom. The molecule has 2 aromatic carbocycles. The Bertz CT molecular complexity index is 1020. The number of nitrogens with one attached hydrogen (secondary N) is 1. The van der Waals surface area contributed by atoms with E-state index in [0.29, 0.717) is 17.2 Å². The molecule has 0 spiro atoms. The van der Waals surface area contributed by atoms with Crippen molar-refractivity contribution in [2.75, 3.05) is 22.7 Å². The van der Waals surface area contributed by atoms with Crippen LogP contribution in [0.2, 0.25) is 0 Å². The van der Waals surface area contributed by atoms with Crippen molar-refractivity contribution >= 4 is 32.7 Å². The second-order valence-electron chi connectivity index (χ2n) is 6.43. The number of hydrogen-bond donors (Lipinski definition) is 1. The Labute approximate surface area is 152 Å².